The Morgan fingerprint density at radius 3 is 2.65 bits per heavy atom. The number of esters is 1. The maximum atomic E-state index is 11.6. The Bertz CT molecular complexity index is 421. The van der Waals surface area contributed by atoms with Crippen LogP contribution in [0.15, 0.2) is 30.3 Å². The van der Waals surface area contributed by atoms with E-state index >= 15 is 0 Å². The third-order valence-electron chi connectivity index (χ3n) is 3.96. The molecule has 0 saturated carbocycles. The lowest BCUT2D eigenvalue weighted by atomic mass is 9.80. The Balaban J connectivity index is 1.67. The molecule has 3 nitrogen and oxygen atoms in total. The van der Waals surface area contributed by atoms with E-state index in [0.29, 0.717) is 13.0 Å². The fourth-order valence-corrected chi connectivity index (χ4v) is 2.38. The van der Waals surface area contributed by atoms with E-state index in [2.05, 4.69) is 38.1 Å². The Morgan fingerprint density at radius 2 is 2.05 bits per heavy atom. The van der Waals surface area contributed by atoms with Crippen LogP contribution in [-0.4, -0.2) is 25.3 Å². The zero-order chi connectivity index (χ0) is 14.4. The molecule has 0 radical (unpaired) electrons. The van der Waals surface area contributed by atoms with E-state index in [9.17, 15) is 4.79 Å². The molecule has 0 aliphatic carbocycles. The van der Waals surface area contributed by atoms with Crippen LogP contribution >= 0.6 is 0 Å². The van der Waals surface area contributed by atoms with Crippen molar-refractivity contribution in [2.45, 2.75) is 51.0 Å². The van der Waals surface area contributed by atoms with Crippen LogP contribution in [0.4, 0.5) is 0 Å². The third-order valence-corrected chi connectivity index (χ3v) is 3.96. The molecule has 1 saturated heterocycles. The Kier molecular flexibility index (Phi) is 5.18. The quantitative estimate of drug-likeness (QED) is 0.715. The first-order valence-electron chi connectivity index (χ1n) is 7.41. The standard InChI is InChI=1S/C17H24O3/c1-17(2,14-7-4-3-5-8-14)11-6-9-16(18)20-13-15-10-12-19-15/h3-5,7-8,15H,6,9-13H2,1-2H3. The van der Waals surface area contributed by atoms with E-state index in [0.717, 1.165) is 25.9 Å². The molecule has 1 heterocycles. The molecule has 0 spiro atoms. The van der Waals surface area contributed by atoms with Gasteiger partial charge in [0.1, 0.15) is 6.61 Å². The first kappa shape index (κ1) is 15.0. The average Bonchev–Trinajstić information content (AvgIpc) is 2.38. The summed E-state index contributed by atoms with van der Waals surface area (Å²) in [6, 6.07) is 10.4. The van der Waals surface area contributed by atoms with Gasteiger partial charge in [0, 0.05) is 19.4 Å². The zero-order valence-corrected chi connectivity index (χ0v) is 12.4. The number of benzene rings is 1. The lowest BCUT2D eigenvalue weighted by Gasteiger charge is -2.26. The van der Waals surface area contributed by atoms with Crippen molar-refractivity contribution in [1.82, 2.24) is 0 Å². The van der Waals surface area contributed by atoms with Gasteiger partial charge in [-0.3, -0.25) is 4.79 Å². The smallest absolute Gasteiger partial charge is 0.305 e. The van der Waals surface area contributed by atoms with Gasteiger partial charge in [0.25, 0.3) is 0 Å². The molecular weight excluding hydrogens is 252 g/mol. The topological polar surface area (TPSA) is 35.5 Å². The predicted octanol–water partition coefficient (Wildman–Crippen LogP) is 3.47. The molecule has 1 aliphatic rings. The molecule has 110 valence electrons. The summed E-state index contributed by atoms with van der Waals surface area (Å²) in [6.45, 7) is 5.65. The largest absolute Gasteiger partial charge is 0.463 e. The van der Waals surface area contributed by atoms with Crippen LogP contribution in [0.2, 0.25) is 0 Å². The van der Waals surface area contributed by atoms with Crippen LogP contribution in [0, 0.1) is 0 Å². The fourth-order valence-electron chi connectivity index (χ4n) is 2.38. The first-order chi connectivity index (χ1) is 9.58. The van der Waals surface area contributed by atoms with Crippen LogP contribution in [0.1, 0.15) is 45.1 Å². The van der Waals surface area contributed by atoms with Crippen molar-refractivity contribution in [2.24, 2.45) is 0 Å². The van der Waals surface area contributed by atoms with Crippen molar-refractivity contribution in [3.05, 3.63) is 35.9 Å². The van der Waals surface area contributed by atoms with E-state index in [1.54, 1.807) is 0 Å². The second kappa shape index (κ2) is 6.89. The highest BCUT2D eigenvalue weighted by Gasteiger charge is 2.22. The van der Waals surface area contributed by atoms with E-state index in [-0.39, 0.29) is 17.5 Å². The Hall–Kier alpha value is -1.35. The van der Waals surface area contributed by atoms with Gasteiger partial charge in [-0.15, -0.1) is 0 Å². The zero-order valence-electron chi connectivity index (χ0n) is 12.4. The van der Waals surface area contributed by atoms with Crippen molar-refractivity contribution in [3.63, 3.8) is 0 Å². The number of rotatable bonds is 7. The number of carbonyl (C=O) groups is 1. The summed E-state index contributed by atoms with van der Waals surface area (Å²) in [5.74, 6) is -0.107. The van der Waals surface area contributed by atoms with E-state index in [1.807, 2.05) is 6.07 Å². The van der Waals surface area contributed by atoms with Crippen LogP contribution in [0.3, 0.4) is 0 Å². The van der Waals surface area contributed by atoms with Crippen LogP contribution in [-0.2, 0) is 19.7 Å². The summed E-state index contributed by atoms with van der Waals surface area (Å²) >= 11 is 0. The van der Waals surface area contributed by atoms with Gasteiger partial charge in [0.15, 0.2) is 0 Å². The molecule has 1 aromatic carbocycles. The van der Waals surface area contributed by atoms with Gasteiger partial charge in [0.05, 0.1) is 6.10 Å². The van der Waals surface area contributed by atoms with E-state index < -0.39 is 0 Å². The van der Waals surface area contributed by atoms with Gasteiger partial charge in [-0.1, -0.05) is 44.2 Å². The normalized spacial score (nSPS) is 18.4. The molecule has 1 aliphatic heterocycles. The Morgan fingerprint density at radius 1 is 1.35 bits per heavy atom. The van der Waals surface area contributed by atoms with Gasteiger partial charge in [-0.2, -0.15) is 0 Å². The second-order valence-electron chi connectivity index (χ2n) is 6.07. The fraction of sp³-hybridized carbons (Fsp3) is 0.588. The SMILES string of the molecule is CC(C)(CCCC(=O)OCC1CCO1)c1ccccc1. The molecule has 2 rings (SSSR count). The molecule has 0 bridgehead atoms. The molecule has 0 aromatic heterocycles. The number of hydrogen-bond acceptors (Lipinski definition) is 3. The summed E-state index contributed by atoms with van der Waals surface area (Å²) in [6.07, 6.45) is 3.47. The number of hydrogen-bond donors (Lipinski definition) is 0. The van der Waals surface area contributed by atoms with Crippen LogP contribution < -0.4 is 0 Å². The third kappa shape index (κ3) is 4.34. The maximum Gasteiger partial charge on any atom is 0.305 e. The molecule has 1 aromatic rings. The summed E-state index contributed by atoms with van der Waals surface area (Å²) in [7, 11) is 0. The average molecular weight is 276 g/mol. The molecule has 20 heavy (non-hydrogen) atoms. The van der Waals surface area contributed by atoms with Gasteiger partial charge in [-0.25, -0.2) is 0 Å². The number of carbonyl (C=O) groups excluding carboxylic acids is 1. The molecule has 0 amide bonds. The van der Waals surface area contributed by atoms with Crippen LogP contribution in [0.25, 0.3) is 0 Å². The monoisotopic (exact) mass is 276 g/mol. The minimum atomic E-state index is -0.107. The van der Waals surface area contributed by atoms with E-state index in [4.69, 9.17) is 9.47 Å². The summed E-state index contributed by atoms with van der Waals surface area (Å²) < 4.78 is 10.4. The molecule has 3 heteroatoms. The summed E-state index contributed by atoms with van der Waals surface area (Å²) in [5.41, 5.74) is 1.41. The molecule has 1 atom stereocenters. The van der Waals surface area contributed by atoms with Crippen molar-refractivity contribution in [3.8, 4) is 0 Å². The maximum absolute atomic E-state index is 11.6. The van der Waals surface area contributed by atoms with Gasteiger partial charge >= 0.3 is 5.97 Å². The second-order valence-corrected chi connectivity index (χ2v) is 6.07. The lowest BCUT2D eigenvalue weighted by molar-refractivity contribution is -0.154. The van der Waals surface area contributed by atoms with E-state index in [1.165, 1.54) is 5.56 Å². The molecule has 0 N–H and O–H groups in total. The lowest BCUT2D eigenvalue weighted by Crippen LogP contribution is -2.32. The van der Waals surface area contributed by atoms with Gasteiger partial charge in [-0.05, 0) is 23.8 Å². The molecular formula is C17H24O3. The summed E-state index contributed by atoms with van der Waals surface area (Å²) in [4.78, 5) is 11.6. The minimum absolute atomic E-state index is 0.0959. The van der Waals surface area contributed by atoms with Crippen LogP contribution in [0.5, 0.6) is 0 Å². The summed E-state index contributed by atoms with van der Waals surface area (Å²) in [5, 5.41) is 0. The minimum Gasteiger partial charge on any atom is -0.463 e. The van der Waals surface area contributed by atoms with Crippen molar-refractivity contribution >= 4 is 5.97 Å². The first-order valence-corrected chi connectivity index (χ1v) is 7.41. The highest BCUT2D eigenvalue weighted by Crippen LogP contribution is 2.28. The Labute approximate surface area is 121 Å². The molecule has 1 fully saturated rings. The van der Waals surface area contributed by atoms with Crippen molar-refractivity contribution in [2.75, 3.05) is 13.2 Å². The van der Waals surface area contributed by atoms with Crippen molar-refractivity contribution in [1.29, 1.82) is 0 Å². The predicted molar refractivity (Wildman–Crippen MR) is 78.6 cm³/mol. The molecule has 1 unspecified atom stereocenters. The number of ether oxygens (including phenoxy) is 2. The van der Waals surface area contributed by atoms with Gasteiger partial charge < -0.3 is 9.47 Å². The highest BCUT2D eigenvalue weighted by molar-refractivity contribution is 5.69. The highest BCUT2D eigenvalue weighted by atomic mass is 16.6. The van der Waals surface area contributed by atoms with Gasteiger partial charge in [0.2, 0.25) is 0 Å². The van der Waals surface area contributed by atoms with Crippen molar-refractivity contribution < 1.29 is 14.3 Å².